The minimum Gasteiger partial charge on any atom is -0.492 e. The summed E-state index contributed by atoms with van der Waals surface area (Å²) in [5.41, 5.74) is 6.79. The summed E-state index contributed by atoms with van der Waals surface area (Å²) in [4.78, 5) is 27.6. The Labute approximate surface area is 169 Å². The second-order valence-corrected chi connectivity index (χ2v) is 6.83. The van der Waals surface area contributed by atoms with Crippen molar-refractivity contribution in [2.24, 2.45) is 5.73 Å². The second kappa shape index (κ2) is 9.88. The third-order valence-electron chi connectivity index (χ3n) is 4.75. The highest BCUT2D eigenvalue weighted by Crippen LogP contribution is 2.17. The number of nitrogens with two attached hydrogens (primary N) is 1. The van der Waals surface area contributed by atoms with Crippen LogP contribution in [0.2, 0.25) is 0 Å². The molecule has 8 heteroatoms. The van der Waals surface area contributed by atoms with Crippen molar-refractivity contribution in [3.63, 3.8) is 0 Å². The zero-order chi connectivity index (χ0) is 20.6. The smallest absolute Gasteiger partial charge is 0.248 e. The Morgan fingerprint density at radius 3 is 2.45 bits per heavy atom. The van der Waals surface area contributed by atoms with Crippen molar-refractivity contribution < 1.29 is 18.7 Å². The van der Waals surface area contributed by atoms with Gasteiger partial charge in [-0.3, -0.25) is 14.5 Å². The Balaban J connectivity index is 1.34. The Kier molecular flexibility index (Phi) is 7.02. The summed E-state index contributed by atoms with van der Waals surface area (Å²) in [6.07, 6.45) is 0. The van der Waals surface area contributed by atoms with Crippen molar-refractivity contribution >= 4 is 17.5 Å². The highest BCUT2D eigenvalue weighted by atomic mass is 19.1. The number of nitrogens with one attached hydrogen (secondary N) is 1. The number of carbonyl (C=O) groups excluding carboxylic acids is 2. The lowest BCUT2D eigenvalue weighted by Gasteiger charge is -2.35. The molecular weight excluding hydrogens is 375 g/mol. The van der Waals surface area contributed by atoms with Gasteiger partial charge in [0.05, 0.1) is 13.1 Å². The zero-order valence-electron chi connectivity index (χ0n) is 16.1. The minimum atomic E-state index is -0.436. The summed E-state index contributed by atoms with van der Waals surface area (Å²) < 4.78 is 18.5. The molecule has 0 bridgehead atoms. The quantitative estimate of drug-likeness (QED) is 0.651. The normalized spacial score (nSPS) is 14.4. The fourth-order valence-electron chi connectivity index (χ4n) is 3.18. The molecule has 0 radical (unpaired) electrons. The molecule has 29 heavy (non-hydrogen) atoms. The summed E-state index contributed by atoms with van der Waals surface area (Å²) in [6.45, 7) is 4.10. The number of hydrogen-bond acceptors (Lipinski definition) is 5. The lowest BCUT2D eigenvalue weighted by atomic mass is 10.1. The Morgan fingerprint density at radius 2 is 1.79 bits per heavy atom. The number of piperazine rings is 1. The Hall–Kier alpha value is -3.13. The molecule has 2 aromatic carbocycles. The highest BCUT2D eigenvalue weighted by Gasteiger charge is 2.19. The first-order valence-corrected chi connectivity index (χ1v) is 9.53. The first-order valence-electron chi connectivity index (χ1n) is 9.53. The average molecular weight is 400 g/mol. The van der Waals surface area contributed by atoms with Gasteiger partial charge in [-0.2, -0.15) is 0 Å². The number of hydrogen-bond donors (Lipinski definition) is 2. The number of primary amides is 1. The van der Waals surface area contributed by atoms with E-state index in [2.05, 4.69) is 15.1 Å². The lowest BCUT2D eigenvalue weighted by molar-refractivity contribution is -0.122. The molecule has 0 spiro atoms. The third-order valence-corrected chi connectivity index (χ3v) is 4.75. The maximum atomic E-state index is 13.1. The molecule has 0 aromatic heterocycles. The summed E-state index contributed by atoms with van der Waals surface area (Å²) in [6, 6.07) is 13.1. The van der Waals surface area contributed by atoms with Crippen LogP contribution in [0.15, 0.2) is 48.5 Å². The Morgan fingerprint density at radius 1 is 1.07 bits per heavy atom. The minimum absolute atomic E-state index is 0.0629. The molecule has 7 nitrogen and oxygen atoms in total. The molecule has 3 N–H and O–H groups in total. The van der Waals surface area contributed by atoms with E-state index in [0.29, 0.717) is 24.4 Å². The highest BCUT2D eigenvalue weighted by molar-refractivity contribution is 5.93. The van der Waals surface area contributed by atoms with E-state index < -0.39 is 5.91 Å². The van der Waals surface area contributed by atoms with Crippen LogP contribution in [0.1, 0.15) is 10.4 Å². The standard InChI is InChI=1S/C21H25FN4O3/c22-17-2-1-3-19(14-17)29-13-8-24-20(27)15-25-9-11-26(12-10-25)18-6-4-16(5-7-18)21(23)28/h1-7,14H,8-13,15H2,(H2,23,28)(H,24,27). The van der Waals surface area contributed by atoms with Crippen molar-refractivity contribution in [2.45, 2.75) is 0 Å². The second-order valence-electron chi connectivity index (χ2n) is 6.83. The average Bonchev–Trinajstić information content (AvgIpc) is 2.72. The summed E-state index contributed by atoms with van der Waals surface area (Å²) >= 11 is 0. The molecule has 0 saturated carbocycles. The number of rotatable bonds is 8. The van der Waals surface area contributed by atoms with Gasteiger partial charge in [-0.1, -0.05) is 6.07 Å². The van der Waals surface area contributed by atoms with E-state index in [-0.39, 0.29) is 18.3 Å². The molecule has 0 unspecified atom stereocenters. The molecular formula is C21H25FN4O3. The maximum absolute atomic E-state index is 13.1. The molecule has 1 fully saturated rings. The van der Waals surface area contributed by atoms with Crippen molar-refractivity contribution in [3.8, 4) is 5.75 Å². The summed E-state index contributed by atoms with van der Waals surface area (Å²) in [5.74, 6) is -0.408. The molecule has 0 atom stereocenters. The van der Waals surface area contributed by atoms with Crippen molar-refractivity contribution in [3.05, 3.63) is 59.9 Å². The van der Waals surface area contributed by atoms with Crippen LogP contribution in [0.3, 0.4) is 0 Å². The van der Waals surface area contributed by atoms with Crippen LogP contribution in [0.25, 0.3) is 0 Å². The monoisotopic (exact) mass is 400 g/mol. The first-order chi connectivity index (χ1) is 14.0. The van der Waals surface area contributed by atoms with Crippen LogP contribution in [-0.2, 0) is 4.79 Å². The fraction of sp³-hybridized carbons (Fsp3) is 0.333. The lowest BCUT2D eigenvalue weighted by Crippen LogP contribution is -2.49. The van der Waals surface area contributed by atoms with Crippen LogP contribution >= 0.6 is 0 Å². The third kappa shape index (κ3) is 6.18. The molecule has 1 saturated heterocycles. The van der Waals surface area contributed by atoms with E-state index in [1.807, 2.05) is 12.1 Å². The van der Waals surface area contributed by atoms with E-state index in [0.717, 1.165) is 31.9 Å². The van der Waals surface area contributed by atoms with Gasteiger partial charge < -0.3 is 20.7 Å². The van der Waals surface area contributed by atoms with Gasteiger partial charge in [-0.25, -0.2) is 4.39 Å². The largest absolute Gasteiger partial charge is 0.492 e. The fourth-order valence-corrected chi connectivity index (χ4v) is 3.18. The SMILES string of the molecule is NC(=O)c1ccc(N2CCN(CC(=O)NCCOc3cccc(F)c3)CC2)cc1. The van der Waals surface area contributed by atoms with Crippen molar-refractivity contribution in [1.82, 2.24) is 10.2 Å². The van der Waals surface area contributed by atoms with Crippen LogP contribution in [0.4, 0.5) is 10.1 Å². The number of nitrogens with zero attached hydrogens (tertiary/aromatic N) is 2. The summed E-state index contributed by atoms with van der Waals surface area (Å²) in [5, 5.41) is 2.82. The molecule has 1 heterocycles. The molecule has 1 aliphatic heterocycles. The van der Waals surface area contributed by atoms with Crippen LogP contribution in [-0.4, -0.2) is 62.6 Å². The van der Waals surface area contributed by atoms with Gasteiger partial charge in [-0.05, 0) is 36.4 Å². The number of halogens is 1. The summed E-state index contributed by atoms with van der Waals surface area (Å²) in [7, 11) is 0. The zero-order valence-corrected chi connectivity index (χ0v) is 16.1. The molecule has 0 aliphatic carbocycles. The molecule has 2 amide bonds. The Bertz CT molecular complexity index is 836. The van der Waals surface area contributed by atoms with E-state index >= 15 is 0 Å². The van der Waals surface area contributed by atoms with E-state index in [1.54, 1.807) is 24.3 Å². The van der Waals surface area contributed by atoms with Gasteiger partial charge >= 0.3 is 0 Å². The van der Waals surface area contributed by atoms with Crippen LogP contribution in [0.5, 0.6) is 5.75 Å². The molecule has 154 valence electrons. The number of carbonyl (C=O) groups is 2. The van der Waals surface area contributed by atoms with Gasteiger partial charge in [0.25, 0.3) is 0 Å². The van der Waals surface area contributed by atoms with Gasteiger partial charge in [0, 0.05) is 43.5 Å². The van der Waals surface area contributed by atoms with Gasteiger partial charge in [0.1, 0.15) is 18.2 Å². The number of ether oxygens (including phenoxy) is 1. The predicted molar refractivity (Wildman–Crippen MR) is 109 cm³/mol. The topological polar surface area (TPSA) is 87.9 Å². The van der Waals surface area contributed by atoms with Crippen LogP contribution < -0.4 is 20.7 Å². The molecule has 3 rings (SSSR count). The molecule has 2 aromatic rings. The van der Waals surface area contributed by atoms with E-state index in [4.69, 9.17) is 10.5 Å². The molecule has 1 aliphatic rings. The van der Waals surface area contributed by atoms with Crippen molar-refractivity contribution in [1.29, 1.82) is 0 Å². The van der Waals surface area contributed by atoms with E-state index in [9.17, 15) is 14.0 Å². The first kappa shape index (κ1) is 20.6. The van der Waals surface area contributed by atoms with Gasteiger partial charge in [0.15, 0.2) is 0 Å². The number of benzene rings is 2. The predicted octanol–water partition coefficient (Wildman–Crippen LogP) is 1.24. The number of amides is 2. The van der Waals surface area contributed by atoms with Crippen LogP contribution in [0, 0.1) is 5.82 Å². The van der Waals surface area contributed by atoms with Gasteiger partial charge in [0.2, 0.25) is 11.8 Å². The van der Waals surface area contributed by atoms with Gasteiger partial charge in [-0.15, -0.1) is 0 Å². The number of anilines is 1. The van der Waals surface area contributed by atoms with E-state index in [1.165, 1.54) is 12.1 Å². The maximum Gasteiger partial charge on any atom is 0.248 e. The van der Waals surface area contributed by atoms with Crippen molar-refractivity contribution in [2.75, 3.05) is 50.8 Å².